The number of sulfone groups is 1. The first-order valence-electron chi connectivity index (χ1n) is 4.17. The third-order valence-electron chi connectivity index (χ3n) is 2.02. The molecule has 0 aromatic heterocycles. The predicted octanol–water partition coefficient (Wildman–Crippen LogP) is -0.606. The highest BCUT2D eigenvalue weighted by Gasteiger charge is 2.27. The van der Waals surface area contributed by atoms with Crippen molar-refractivity contribution in [3.63, 3.8) is 0 Å². The van der Waals surface area contributed by atoms with E-state index < -0.39 is 30.1 Å². The van der Waals surface area contributed by atoms with Gasteiger partial charge in [-0.2, -0.15) is 12.8 Å². The molecule has 0 amide bonds. The monoisotopic (exact) mass is 252 g/mol. The lowest BCUT2D eigenvalue weighted by Crippen LogP contribution is -2.21. The number of sulfonamides is 1. The molecule has 0 aromatic carbocycles. The van der Waals surface area contributed by atoms with Crippen molar-refractivity contribution in [1.29, 1.82) is 0 Å². The molecule has 15 heavy (non-hydrogen) atoms. The molecule has 1 aliphatic rings. The molecule has 1 heterocycles. The van der Waals surface area contributed by atoms with Crippen LogP contribution in [0.1, 0.15) is 13.8 Å². The van der Waals surface area contributed by atoms with Gasteiger partial charge in [0.15, 0.2) is 14.9 Å². The third kappa shape index (κ3) is 2.37. The van der Waals surface area contributed by atoms with Gasteiger partial charge in [-0.3, -0.25) is 0 Å². The van der Waals surface area contributed by atoms with Crippen molar-refractivity contribution in [2.45, 2.75) is 19.1 Å². The number of nitrogens with two attached hydrogens (primary N) is 1. The van der Waals surface area contributed by atoms with Crippen molar-refractivity contribution in [3.8, 4) is 0 Å². The van der Waals surface area contributed by atoms with Gasteiger partial charge in [0.1, 0.15) is 0 Å². The predicted molar refractivity (Wildman–Crippen MR) is 57.5 cm³/mol. The highest BCUT2D eigenvalue weighted by atomic mass is 32.2. The standard InChI is InChI=1S/C7H12N2O4S2/c1-5(2)14(10,11)4-6-3-9-15(12,13)7(6)8/h3,5H,4,8H2,1-2H3. The topological polar surface area (TPSA) is 107 Å². The minimum Gasteiger partial charge on any atom is -0.388 e. The number of hydrogen-bond donors (Lipinski definition) is 1. The van der Waals surface area contributed by atoms with E-state index in [2.05, 4.69) is 4.40 Å². The Labute approximate surface area is 88.9 Å². The maximum absolute atomic E-state index is 11.5. The SMILES string of the molecule is CC(C)S(=O)(=O)CC1=C(N)S(=O)(=O)N=C1. The molecule has 8 heteroatoms. The average Bonchev–Trinajstić information content (AvgIpc) is 2.31. The van der Waals surface area contributed by atoms with Crippen LogP contribution in [0, 0.1) is 0 Å². The van der Waals surface area contributed by atoms with Crippen LogP contribution in [-0.2, 0) is 19.9 Å². The molecule has 6 nitrogen and oxygen atoms in total. The summed E-state index contributed by atoms with van der Waals surface area (Å²) in [6.07, 6.45) is 0.991. The van der Waals surface area contributed by atoms with Crippen LogP contribution < -0.4 is 5.73 Å². The summed E-state index contributed by atoms with van der Waals surface area (Å²) in [6, 6.07) is 0. The summed E-state index contributed by atoms with van der Waals surface area (Å²) in [5, 5.41) is -1.04. The summed E-state index contributed by atoms with van der Waals surface area (Å²) < 4.78 is 48.3. The van der Waals surface area contributed by atoms with E-state index in [9.17, 15) is 16.8 Å². The molecule has 0 spiro atoms. The first-order chi connectivity index (χ1) is 6.67. The Bertz CT molecular complexity index is 525. The molecule has 0 bridgehead atoms. The van der Waals surface area contributed by atoms with E-state index in [1.54, 1.807) is 0 Å². The summed E-state index contributed by atoms with van der Waals surface area (Å²) in [4.78, 5) is 0. The van der Waals surface area contributed by atoms with Gasteiger partial charge in [0.25, 0.3) is 10.0 Å². The molecule has 0 saturated carbocycles. The van der Waals surface area contributed by atoms with Crippen LogP contribution in [0.4, 0.5) is 0 Å². The minimum absolute atomic E-state index is 0.0451. The highest BCUT2D eigenvalue weighted by Crippen LogP contribution is 2.17. The van der Waals surface area contributed by atoms with Gasteiger partial charge in [0, 0.05) is 11.8 Å². The van der Waals surface area contributed by atoms with Crippen LogP contribution in [0.25, 0.3) is 0 Å². The van der Waals surface area contributed by atoms with Crippen molar-refractivity contribution in [1.82, 2.24) is 0 Å². The first-order valence-corrected chi connectivity index (χ1v) is 7.33. The van der Waals surface area contributed by atoms with Crippen molar-refractivity contribution >= 4 is 26.1 Å². The Hall–Kier alpha value is -0.890. The molecule has 2 N–H and O–H groups in total. The zero-order chi connectivity index (χ0) is 11.9. The van der Waals surface area contributed by atoms with Crippen LogP contribution >= 0.6 is 0 Å². The van der Waals surface area contributed by atoms with Gasteiger partial charge < -0.3 is 5.73 Å². The molecular weight excluding hydrogens is 240 g/mol. The second kappa shape index (κ2) is 3.60. The zero-order valence-electron chi connectivity index (χ0n) is 8.34. The van der Waals surface area contributed by atoms with E-state index in [-0.39, 0.29) is 11.3 Å². The molecule has 0 unspecified atom stereocenters. The van der Waals surface area contributed by atoms with Gasteiger partial charge in [-0.15, -0.1) is 0 Å². The molecular formula is C7H12N2O4S2. The largest absolute Gasteiger partial charge is 0.388 e. The fraction of sp³-hybridized carbons (Fsp3) is 0.571. The van der Waals surface area contributed by atoms with E-state index in [0.29, 0.717) is 0 Å². The average molecular weight is 252 g/mol. The molecule has 0 radical (unpaired) electrons. The van der Waals surface area contributed by atoms with E-state index in [0.717, 1.165) is 6.21 Å². The molecule has 0 aliphatic carbocycles. The van der Waals surface area contributed by atoms with Crippen LogP contribution in [0.15, 0.2) is 15.0 Å². The highest BCUT2D eigenvalue weighted by molar-refractivity contribution is 7.95. The van der Waals surface area contributed by atoms with E-state index in [1.807, 2.05) is 0 Å². The molecule has 0 fully saturated rings. The van der Waals surface area contributed by atoms with Crippen molar-refractivity contribution in [2.75, 3.05) is 5.75 Å². The summed E-state index contributed by atoms with van der Waals surface area (Å²) in [7, 11) is -7.17. The molecule has 0 atom stereocenters. The Morgan fingerprint density at radius 2 is 2.00 bits per heavy atom. The Morgan fingerprint density at radius 3 is 2.33 bits per heavy atom. The molecule has 0 saturated heterocycles. The van der Waals surface area contributed by atoms with Gasteiger partial charge in [-0.1, -0.05) is 0 Å². The molecule has 0 aromatic rings. The lowest BCUT2D eigenvalue weighted by Gasteiger charge is -2.06. The Kier molecular flexibility index (Phi) is 2.92. The van der Waals surface area contributed by atoms with Crippen molar-refractivity contribution in [2.24, 2.45) is 10.1 Å². The summed E-state index contributed by atoms with van der Waals surface area (Å²) >= 11 is 0. The summed E-state index contributed by atoms with van der Waals surface area (Å²) in [6.45, 7) is 3.04. The van der Waals surface area contributed by atoms with E-state index in [4.69, 9.17) is 5.73 Å². The normalized spacial score (nSPS) is 20.2. The lowest BCUT2D eigenvalue weighted by atomic mass is 10.4. The lowest BCUT2D eigenvalue weighted by molar-refractivity contribution is 0.590. The molecule has 86 valence electrons. The maximum Gasteiger partial charge on any atom is 0.297 e. The van der Waals surface area contributed by atoms with E-state index in [1.165, 1.54) is 13.8 Å². The second-order valence-electron chi connectivity index (χ2n) is 3.46. The van der Waals surface area contributed by atoms with Gasteiger partial charge in [-0.25, -0.2) is 8.42 Å². The van der Waals surface area contributed by atoms with Crippen LogP contribution in [-0.4, -0.2) is 34.1 Å². The fourth-order valence-electron chi connectivity index (χ4n) is 0.911. The van der Waals surface area contributed by atoms with Gasteiger partial charge >= 0.3 is 0 Å². The van der Waals surface area contributed by atoms with Gasteiger partial charge in [-0.05, 0) is 13.8 Å². The van der Waals surface area contributed by atoms with Crippen LogP contribution in [0.3, 0.4) is 0 Å². The summed E-state index contributed by atoms with van der Waals surface area (Å²) in [5.41, 5.74) is 5.31. The number of hydrogen-bond acceptors (Lipinski definition) is 5. The minimum atomic E-state index is -3.81. The Balaban J connectivity index is 3.07. The van der Waals surface area contributed by atoms with Crippen LogP contribution in [0.2, 0.25) is 0 Å². The van der Waals surface area contributed by atoms with Crippen LogP contribution in [0.5, 0.6) is 0 Å². The van der Waals surface area contributed by atoms with Gasteiger partial charge in [0.05, 0.1) is 11.0 Å². The number of rotatable bonds is 3. The quantitative estimate of drug-likeness (QED) is 0.721. The van der Waals surface area contributed by atoms with Crippen molar-refractivity contribution < 1.29 is 16.8 Å². The maximum atomic E-state index is 11.5. The van der Waals surface area contributed by atoms with Gasteiger partial charge in [0.2, 0.25) is 0 Å². The van der Waals surface area contributed by atoms with Crippen molar-refractivity contribution in [3.05, 3.63) is 10.6 Å². The third-order valence-corrected chi connectivity index (χ3v) is 5.37. The smallest absolute Gasteiger partial charge is 0.297 e. The zero-order valence-corrected chi connectivity index (χ0v) is 9.97. The molecule has 1 aliphatic heterocycles. The number of nitrogens with zero attached hydrogens (tertiary/aromatic N) is 1. The fourth-order valence-corrected chi connectivity index (χ4v) is 2.83. The second-order valence-corrected chi connectivity index (χ2v) is 7.61. The van der Waals surface area contributed by atoms with E-state index >= 15 is 0 Å². The summed E-state index contributed by atoms with van der Waals surface area (Å²) in [5.74, 6) is -0.390. The molecule has 1 rings (SSSR count). The first kappa shape index (κ1) is 12.2. The Morgan fingerprint density at radius 1 is 1.47 bits per heavy atom.